The van der Waals surface area contributed by atoms with Crippen molar-refractivity contribution in [2.24, 2.45) is 0 Å². The van der Waals surface area contributed by atoms with Gasteiger partial charge in [0.1, 0.15) is 5.78 Å². The average molecular weight is 259 g/mol. The molecule has 17 heavy (non-hydrogen) atoms. The number of carbonyl (C=O) groups excluding carboxylic acids is 1. The minimum absolute atomic E-state index is 0.0483. The van der Waals surface area contributed by atoms with Crippen molar-refractivity contribution < 1.29 is 9.90 Å². The number of nitrogens with zero attached hydrogens (tertiary/aromatic N) is 2. The number of aryl methyl sites for hydroxylation is 2. The Morgan fingerprint density at radius 1 is 1.47 bits per heavy atom. The smallest absolute Gasteiger partial charge is 0.138 e. The number of halogens is 1. The fourth-order valence-corrected chi connectivity index (χ4v) is 2.07. The van der Waals surface area contributed by atoms with Crippen LogP contribution in [0.1, 0.15) is 38.1 Å². The van der Waals surface area contributed by atoms with E-state index in [1.165, 1.54) is 0 Å². The van der Waals surface area contributed by atoms with Crippen LogP contribution in [0.15, 0.2) is 0 Å². The number of aliphatic hydroxyl groups is 1. The predicted octanol–water partition coefficient (Wildman–Crippen LogP) is 2.00. The summed E-state index contributed by atoms with van der Waals surface area (Å²) in [5.74, 6) is 0.0956. The molecule has 0 saturated heterocycles. The third-order valence-corrected chi connectivity index (χ3v) is 3.11. The van der Waals surface area contributed by atoms with Crippen LogP contribution in [0, 0.1) is 0 Å². The SMILES string of the molecule is CCc1nn(CC)c(CC(=O)CCCO)c1Cl. The molecule has 0 aromatic carbocycles. The normalized spacial score (nSPS) is 10.8. The molecule has 0 radical (unpaired) electrons. The largest absolute Gasteiger partial charge is 0.396 e. The Bertz CT molecular complexity index is 388. The summed E-state index contributed by atoms with van der Waals surface area (Å²) < 4.78 is 1.79. The molecule has 0 unspecified atom stereocenters. The number of aliphatic hydroxyl groups excluding tert-OH is 1. The van der Waals surface area contributed by atoms with Gasteiger partial charge in [0.15, 0.2) is 0 Å². The molecule has 4 nitrogen and oxygen atoms in total. The van der Waals surface area contributed by atoms with Gasteiger partial charge < -0.3 is 5.11 Å². The summed E-state index contributed by atoms with van der Waals surface area (Å²) >= 11 is 6.20. The van der Waals surface area contributed by atoms with Crippen molar-refractivity contribution >= 4 is 17.4 Å². The Labute approximate surface area is 107 Å². The zero-order chi connectivity index (χ0) is 12.8. The number of rotatable bonds is 7. The first-order chi connectivity index (χ1) is 8.13. The Morgan fingerprint density at radius 3 is 2.71 bits per heavy atom. The second-order valence-corrected chi connectivity index (χ2v) is 4.30. The molecule has 1 aromatic rings. The molecule has 96 valence electrons. The summed E-state index contributed by atoms with van der Waals surface area (Å²) in [6, 6.07) is 0. The van der Waals surface area contributed by atoms with Gasteiger partial charge >= 0.3 is 0 Å². The topological polar surface area (TPSA) is 55.1 Å². The van der Waals surface area contributed by atoms with E-state index in [0.717, 1.165) is 17.8 Å². The number of carbonyl (C=O) groups is 1. The molecule has 0 amide bonds. The zero-order valence-corrected chi connectivity index (χ0v) is 11.1. The Morgan fingerprint density at radius 2 is 2.18 bits per heavy atom. The van der Waals surface area contributed by atoms with E-state index in [9.17, 15) is 4.79 Å². The first-order valence-corrected chi connectivity index (χ1v) is 6.38. The molecule has 0 atom stereocenters. The van der Waals surface area contributed by atoms with Gasteiger partial charge in [-0.2, -0.15) is 5.10 Å². The molecule has 0 aliphatic carbocycles. The lowest BCUT2D eigenvalue weighted by Crippen LogP contribution is -2.10. The highest BCUT2D eigenvalue weighted by molar-refractivity contribution is 6.32. The van der Waals surface area contributed by atoms with E-state index in [4.69, 9.17) is 16.7 Å². The van der Waals surface area contributed by atoms with Crippen LogP contribution in [0.5, 0.6) is 0 Å². The van der Waals surface area contributed by atoms with Gasteiger partial charge in [-0.3, -0.25) is 9.48 Å². The molecule has 0 bridgehead atoms. The highest BCUT2D eigenvalue weighted by atomic mass is 35.5. The second kappa shape index (κ2) is 6.77. The van der Waals surface area contributed by atoms with Crippen molar-refractivity contribution in [1.29, 1.82) is 0 Å². The predicted molar refractivity (Wildman–Crippen MR) is 67.3 cm³/mol. The Kier molecular flexibility index (Phi) is 5.65. The van der Waals surface area contributed by atoms with Crippen molar-refractivity contribution in [3.8, 4) is 0 Å². The lowest BCUT2D eigenvalue weighted by atomic mass is 10.1. The molecule has 0 saturated carbocycles. The molecule has 0 fully saturated rings. The van der Waals surface area contributed by atoms with Gasteiger partial charge in [0, 0.05) is 26.0 Å². The summed E-state index contributed by atoms with van der Waals surface area (Å²) in [4.78, 5) is 11.7. The van der Waals surface area contributed by atoms with E-state index < -0.39 is 0 Å². The van der Waals surface area contributed by atoms with Crippen LogP contribution in [0.25, 0.3) is 0 Å². The summed E-state index contributed by atoms with van der Waals surface area (Å²) in [7, 11) is 0. The van der Waals surface area contributed by atoms with Gasteiger partial charge in [-0.15, -0.1) is 0 Å². The molecule has 0 aliphatic rings. The van der Waals surface area contributed by atoms with Crippen LogP contribution < -0.4 is 0 Å². The Balaban J connectivity index is 2.81. The summed E-state index contributed by atoms with van der Waals surface area (Å²) in [5.41, 5.74) is 1.65. The van der Waals surface area contributed by atoms with Crippen molar-refractivity contribution in [3.63, 3.8) is 0 Å². The number of Topliss-reactive ketones (excluding diaryl/α,β-unsaturated/α-hetero) is 1. The van der Waals surface area contributed by atoms with E-state index in [1.54, 1.807) is 4.68 Å². The molecule has 1 N–H and O–H groups in total. The number of ketones is 1. The summed E-state index contributed by atoms with van der Waals surface area (Å²) in [6.07, 6.45) is 1.98. The zero-order valence-electron chi connectivity index (χ0n) is 10.4. The van der Waals surface area contributed by atoms with Crippen LogP contribution >= 0.6 is 11.6 Å². The molecule has 5 heteroatoms. The van der Waals surface area contributed by atoms with Gasteiger partial charge in [-0.25, -0.2) is 0 Å². The van der Waals surface area contributed by atoms with E-state index in [-0.39, 0.29) is 12.4 Å². The lowest BCUT2D eigenvalue weighted by Gasteiger charge is -2.04. The standard InChI is InChI=1S/C12H19ClN2O2/c1-3-10-12(13)11(15(4-2)14-10)8-9(17)6-5-7-16/h16H,3-8H2,1-2H3. The van der Waals surface area contributed by atoms with Gasteiger partial charge in [-0.1, -0.05) is 18.5 Å². The maximum absolute atomic E-state index is 11.7. The van der Waals surface area contributed by atoms with Crippen molar-refractivity contribution in [2.45, 2.75) is 46.1 Å². The van der Waals surface area contributed by atoms with Crippen molar-refractivity contribution in [3.05, 3.63) is 16.4 Å². The van der Waals surface area contributed by atoms with Crippen LogP contribution in [-0.4, -0.2) is 27.3 Å². The van der Waals surface area contributed by atoms with E-state index in [1.807, 2.05) is 13.8 Å². The average Bonchev–Trinajstić information content (AvgIpc) is 2.63. The van der Waals surface area contributed by atoms with Gasteiger partial charge in [0.25, 0.3) is 0 Å². The number of hydrogen-bond donors (Lipinski definition) is 1. The first kappa shape index (κ1) is 14.2. The monoisotopic (exact) mass is 258 g/mol. The summed E-state index contributed by atoms with van der Waals surface area (Å²) in [5, 5.41) is 13.7. The van der Waals surface area contributed by atoms with Gasteiger partial charge in [0.2, 0.25) is 0 Å². The number of hydrogen-bond acceptors (Lipinski definition) is 3. The lowest BCUT2D eigenvalue weighted by molar-refractivity contribution is -0.118. The fraction of sp³-hybridized carbons (Fsp3) is 0.667. The molecule has 0 aliphatic heterocycles. The van der Waals surface area contributed by atoms with E-state index in [0.29, 0.717) is 30.8 Å². The third kappa shape index (κ3) is 3.54. The van der Waals surface area contributed by atoms with Crippen LogP contribution in [-0.2, 0) is 24.2 Å². The van der Waals surface area contributed by atoms with E-state index in [2.05, 4.69) is 5.10 Å². The third-order valence-electron chi connectivity index (χ3n) is 2.67. The quantitative estimate of drug-likeness (QED) is 0.814. The van der Waals surface area contributed by atoms with E-state index >= 15 is 0 Å². The Hall–Kier alpha value is -0.870. The van der Waals surface area contributed by atoms with Crippen molar-refractivity contribution in [2.75, 3.05) is 6.61 Å². The van der Waals surface area contributed by atoms with Crippen LogP contribution in [0.2, 0.25) is 5.02 Å². The maximum atomic E-state index is 11.7. The van der Waals surface area contributed by atoms with Crippen LogP contribution in [0.3, 0.4) is 0 Å². The van der Waals surface area contributed by atoms with Gasteiger partial charge in [-0.05, 0) is 19.8 Å². The second-order valence-electron chi connectivity index (χ2n) is 3.92. The minimum Gasteiger partial charge on any atom is -0.396 e. The highest BCUT2D eigenvalue weighted by Gasteiger charge is 2.16. The highest BCUT2D eigenvalue weighted by Crippen LogP contribution is 2.22. The molecular formula is C12H19ClN2O2. The molecule has 0 spiro atoms. The van der Waals surface area contributed by atoms with Crippen molar-refractivity contribution in [1.82, 2.24) is 9.78 Å². The molecule has 1 aromatic heterocycles. The molecule has 1 heterocycles. The molecule has 1 rings (SSSR count). The minimum atomic E-state index is 0.0483. The van der Waals surface area contributed by atoms with Crippen LogP contribution in [0.4, 0.5) is 0 Å². The summed E-state index contributed by atoms with van der Waals surface area (Å²) in [6.45, 7) is 4.73. The molecular weight excluding hydrogens is 240 g/mol. The first-order valence-electron chi connectivity index (χ1n) is 6.00. The van der Waals surface area contributed by atoms with Gasteiger partial charge in [0.05, 0.1) is 16.4 Å². The fourth-order valence-electron chi connectivity index (χ4n) is 1.74. The number of aromatic nitrogens is 2. The maximum Gasteiger partial charge on any atom is 0.138 e.